The summed E-state index contributed by atoms with van der Waals surface area (Å²) in [7, 11) is 0. The third-order valence-corrected chi connectivity index (χ3v) is 8.87. The number of phenolic OH excluding ortho intramolecular Hbond substituents is 1. The summed E-state index contributed by atoms with van der Waals surface area (Å²) in [5.74, 6) is -1.12. The van der Waals surface area contributed by atoms with E-state index in [4.69, 9.17) is 4.74 Å². The number of ether oxygens (including phenoxy) is 1. The van der Waals surface area contributed by atoms with Crippen molar-refractivity contribution in [2.24, 2.45) is 0 Å². The first kappa shape index (κ1) is 30.8. The van der Waals surface area contributed by atoms with Gasteiger partial charge in [0.1, 0.15) is 11.8 Å². The Morgan fingerprint density at radius 2 is 1.83 bits per heavy atom. The number of phenols is 1. The van der Waals surface area contributed by atoms with Crippen LogP contribution in [0.4, 0.5) is 0 Å². The van der Waals surface area contributed by atoms with Gasteiger partial charge >= 0.3 is 0 Å². The van der Waals surface area contributed by atoms with Crippen LogP contribution in [-0.4, -0.2) is 106 Å². The van der Waals surface area contributed by atoms with Crippen molar-refractivity contribution in [1.29, 1.82) is 0 Å². The van der Waals surface area contributed by atoms with Gasteiger partial charge in [-0.25, -0.2) is 0 Å². The molecule has 2 aliphatic rings. The van der Waals surface area contributed by atoms with E-state index in [1.165, 1.54) is 22.7 Å². The number of nitrogens with one attached hydrogen (secondary N) is 2. The molecular weight excluding hydrogens is 544 g/mol. The summed E-state index contributed by atoms with van der Waals surface area (Å²) < 4.78 is 5.38. The summed E-state index contributed by atoms with van der Waals surface area (Å²) in [4.78, 5) is 43.8. The van der Waals surface area contributed by atoms with E-state index in [0.29, 0.717) is 12.1 Å². The normalized spacial score (nSPS) is 20.8. The first-order valence-electron chi connectivity index (χ1n) is 14.1. The maximum atomic E-state index is 13.7. The summed E-state index contributed by atoms with van der Waals surface area (Å²) in [6.07, 6.45) is -0.595. The standard InChI is InChI=1S/C30H40N4O6S/c1-20-23(10-6-11-25(20)35)28(37)32-24(18-22-8-4-3-5-9-22)27(36)30(39)34-19-41-21(2)26(34)29(38)31-12-7-13-33-14-16-40-17-15-33/h3-6,8-11,21,24,26-27,35-36H,7,12-19H2,1-2H3,(H,31,38)(H,32,37)/t21?,24-,26-,27-/m0/s1. The lowest BCUT2D eigenvalue weighted by Crippen LogP contribution is -2.57. The SMILES string of the molecule is Cc1c(O)cccc1C(=O)N[C@@H](Cc1ccccc1)[C@H](O)C(=O)N1CSC(C)[C@H]1C(=O)NCCCN1CCOCC1. The Balaban J connectivity index is 1.43. The molecule has 0 radical (unpaired) electrons. The van der Waals surface area contributed by atoms with Crippen LogP contribution in [-0.2, 0) is 20.7 Å². The van der Waals surface area contributed by atoms with Gasteiger partial charge in [0.2, 0.25) is 5.91 Å². The second-order valence-electron chi connectivity index (χ2n) is 10.5. The topological polar surface area (TPSA) is 131 Å². The molecule has 0 saturated carbocycles. The van der Waals surface area contributed by atoms with E-state index < -0.39 is 30.0 Å². The smallest absolute Gasteiger partial charge is 0.254 e. The molecule has 0 bridgehead atoms. The Kier molecular flexibility index (Phi) is 11.0. The minimum Gasteiger partial charge on any atom is -0.508 e. The predicted octanol–water partition coefficient (Wildman–Crippen LogP) is 1.53. The van der Waals surface area contributed by atoms with Crippen LogP contribution in [0, 0.1) is 6.92 Å². The summed E-state index contributed by atoms with van der Waals surface area (Å²) in [5.41, 5.74) is 1.48. The van der Waals surface area contributed by atoms with Crippen LogP contribution in [0.2, 0.25) is 0 Å². The van der Waals surface area contributed by atoms with Gasteiger partial charge < -0.3 is 30.5 Å². The minimum atomic E-state index is -1.58. The molecule has 1 unspecified atom stereocenters. The zero-order chi connectivity index (χ0) is 29.4. The fourth-order valence-electron chi connectivity index (χ4n) is 5.19. The van der Waals surface area contributed by atoms with Gasteiger partial charge in [-0.05, 0) is 44.0 Å². The molecule has 0 aromatic heterocycles. The van der Waals surface area contributed by atoms with E-state index in [9.17, 15) is 24.6 Å². The average molecular weight is 585 g/mol. The maximum absolute atomic E-state index is 13.7. The van der Waals surface area contributed by atoms with E-state index in [-0.39, 0.29) is 34.8 Å². The number of carbonyl (C=O) groups excluding carboxylic acids is 3. The largest absolute Gasteiger partial charge is 0.508 e. The van der Waals surface area contributed by atoms with Crippen LogP contribution in [0.5, 0.6) is 5.75 Å². The predicted molar refractivity (Wildman–Crippen MR) is 158 cm³/mol. The van der Waals surface area contributed by atoms with E-state index in [0.717, 1.165) is 44.8 Å². The van der Waals surface area contributed by atoms with Gasteiger partial charge in [0.05, 0.1) is 25.1 Å². The van der Waals surface area contributed by atoms with E-state index in [2.05, 4.69) is 15.5 Å². The van der Waals surface area contributed by atoms with Gasteiger partial charge in [0.15, 0.2) is 6.10 Å². The highest BCUT2D eigenvalue weighted by atomic mass is 32.2. The molecule has 2 aliphatic heterocycles. The first-order valence-corrected chi connectivity index (χ1v) is 15.1. The molecule has 4 rings (SSSR count). The van der Waals surface area contributed by atoms with Gasteiger partial charge in [-0.1, -0.05) is 43.3 Å². The van der Waals surface area contributed by atoms with Crippen molar-refractivity contribution >= 4 is 29.5 Å². The monoisotopic (exact) mass is 584 g/mol. The van der Waals surface area contributed by atoms with Crippen LogP contribution in [0.3, 0.4) is 0 Å². The number of nitrogens with zero attached hydrogens (tertiary/aromatic N) is 2. The fraction of sp³-hybridized carbons (Fsp3) is 0.500. The average Bonchev–Trinajstić information content (AvgIpc) is 3.37. The minimum absolute atomic E-state index is 0.0178. The molecule has 222 valence electrons. The third-order valence-electron chi connectivity index (χ3n) is 7.66. The molecule has 2 heterocycles. The number of thioether (sulfide) groups is 1. The second kappa shape index (κ2) is 14.7. The number of carbonyl (C=O) groups is 3. The molecule has 41 heavy (non-hydrogen) atoms. The quantitative estimate of drug-likeness (QED) is 0.293. The molecule has 2 aromatic rings. The molecule has 0 spiro atoms. The highest BCUT2D eigenvalue weighted by molar-refractivity contribution is 8.00. The van der Waals surface area contributed by atoms with Crippen molar-refractivity contribution in [3.63, 3.8) is 0 Å². The Hall–Kier alpha value is -3.12. The van der Waals surface area contributed by atoms with Crippen LogP contribution >= 0.6 is 11.8 Å². The summed E-state index contributed by atoms with van der Waals surface area (Å²) in [6, 6.07) is 12.2. The van der Waals surface area contributed by atoms with Crippen molar-refractivity contribution in [2.45, 2.75) is 50.1 Å². The Morgan fingerprint density at radius 3 is 2.56 bits per heavy atom. The molecule has 2 fully saturated rings. The van der Waals surface area contributed by atoms with Crippen molar-refractivity contribution in [2.75, 3.05) is 45.3 Å². The highest BCUT2D eigenvalue weighted by Crippen LogP contribution is 2.30. The molecule has 3 amide bonds. The number of morpholine rings is 1. The highest BCUT2D eigenvalue weighted by Gasteiger charge is 2.43. The van der Waals surface area contributed by atoms with Crippen LogP contribution in [0.1, 0.15) is 34.8 Å². The van der Waals surface area contributed by atoms with Gasteiger partial charge in [-0.15, -0.1) is 11.8 Å². The molecule has 2 aromatic carbocycles. The summed E-state index contributed by atoms with van der Waals surface area (Å²) in [6.45, 7) is 8.10. The van der Waals surface area contributed by atoms with Crippen LogP contribution in [0.25, 0.3) is 0 Å². The summed E-state index contributed by atoms with van der Waals surface area (Å²) in [5, 5.41) is 27.1. The van der Waals surface area contributed by atoms with Crippen LogP contribution < -0.4 is 10.6 Å². The maximum Gasteiger partial charge on any atom is 0.254 e. The van der Waals surface area contributed by atoms with Gasteiger partial charge in [-0.3, -0.25) is 19.3 Å². The van der Waals surface area contributed by atoms with E-state index in [1.54, 1.807) is 19.1 Å². The number of hydrogen-bond acceptors (Lipinski definition) is 8. The van der Waals surface area contributed by atoms with Gasteiger partial charge in [0.25, 0.3) is 11.8 Å². The zero-order valence-electron chi connectivity index (χ0n) is 23.6. The third kappa shape index (κ3) is 8.00. The van der Waals surface area contributed by atoms with Gasteiger partial charge in [-0.2, -0.15) is 0 Å². The zero-order valence-corrected chi connectivity index (χ0v) is 24.4. The number of aliphatic hydroxyl groups is 1. The number of hydrogen-bond donors (Lipinski definition) is 4. The molecule has 0 aliphatic carbocycles. The van der Waals surface area contributed by atoms with Crippen molar-refractivity contribution < 1.29 is 29.3 Å². The lowest BCUT2D eigenvalue weighted by Gasteiger charge is -2.31. The number of benzene rings is 2. The lowest BCUT2D eigenvalue weighted by atomic mass is 9.98. The number of aliphatic hydroxyl groups excluding tert-OH is 1. The number of rotatable bonds is 11. The number of aromatic hydroxyl groups is 1. The van der Waals surface area contributed by atoms with Gasteiger partial charge in [0, 0.05) is 36.0 Å². The van der Waals surface area contributed by atoms with Crippen LogP contribution in [0.15, 0.2) is 48.5 Å². The Bertz CT molecular complexity index is 1190. The van der Waals surface area contributed by atoms with E-state index >= 15 is 0 Å². The molecule has 2 saturated heterocycles. The summed E-state index contributed by atoms with van der Waals surface area (Å²) >= 11 is 1.48. The van der Waals surface area contributed by atoms with E-state index in [1.807, 2.05) is 37.3 Å². The Morgan fingerprint density at radius 1 is 1.10 bits per heavy atom. The molecule has 4 atom stereocenters. The van der Waals surface area contributed by atoms with Crippen molar-refractivity contribution in [3.8, 4) is 5.75 Å². The van der Waals surface area contributed by atoms with Crippen molar-refractivity contribution in [1.82, 2.24) is 20.4 Å². The number of amides is 3. The molecule has 11 heteroatoms. The Labute approximate surface area is 245 Å². The second-order valence-corrected chi connectivity index (χ2v) is 11.9. The first-order chi connectivity index (χ1) is 19.8. The fourth-order valence-corrected chi connectivity index (χ4v) is 6.33. The lowest BCUT2D eigenvalue weighted by molar-refractivity contribution is -0.146. The molecule has 10 nitrogen and oxygen atoms in total. The molecular formula is C30H40N4O6S. The van der Waals surface area contributed by atoms with Crippen molar-refractivity contribution in [3.05, 3.63) is 65.2 Å². The molecule has 4 N–H and O–H groups in total.